The molecule has 1 aromatic carbocycles. The Morgan fingerprint density at radius 1 is 1.10 bits per heavy atom. The van der Waals surface area contributed by atoms with Gasteiger partial charge < -0.3 is 9.64 Å². The second-order valence-corrected chi connectivity index (χ2v) is 12.1. The molecule has 198 valence electrons. The standard InChI is InChI=1S/C35H36N2OS/c1-5-22-16-27(20(2)3)33(21(22)4)37-34-25-11-7-6-10-23(25)14-15-30(34)36-35(37)28-18-29-26-12-8-9-13-31(26)38-32(29)17-24(28)19-39/h6-17,19-21,23,25,29-30,34H,5,18H2,1-4H3. The number of ether oxygens (including phenoxy) is 1. The van der Waals surface area contributed by atoms with Gasteiger partial charge in [-0.25, -0.2) is 0 Å². The van der Waals surface area contributed by atoms with Crippen LogP contribution in [0.25, 0.3) is 0 Å². The van der Waals surface area contributed by atoms with E-state index in [9.17, 15) is 0 Å². The topological polar surface area (TPSA) is 24.8 Å². The van der Waals surface area contributed by atoms with Crippen LogP contribution in [0.4, 0.5) is 0 Å². The Balaban J connectivity index is 1.39. The van der Waals surface area contributed by atoms with Crippen molar-refractivity contribution in [2.24, 2.45) is 28.7 Å². The number of hydrogen-bond acceptors (Lipinski definition) is 4. The monoisotopic (exact) mass is 532 g/mol. The van der Waals surface area contributed by atoms with Gasteiger partial charge in [0.15, 0.2) is 0 Å². The van der Waals surface area contributed by atoms with Gasteiger partial charge in [-0.3, -0.25) is 4.99 Å². The molecule has 0 spiro atoms. The van der Waals surface area contributed by atoms with Crippen molar-refractivity contribution >= 4 is 23.4 Å². The summed E-state index contributed by atoms with van der Waals surface area (Å²) in [5.41, 5.74) is 8.00. The molecule has 0 N–H and O–H groups in total. The summed E-state index contributed by atoms with van der Waals surface area (Å²) in [6, 6.07) is 8.81. The first-order valence-corrected chi connectivity index (χ1v) is 15.0. The number of para-hydroxylation sites is 1. The van der Waals surface area contributed by atoms with Crippen molar-refractivity contribution in [3.63, 3.8) is 0 Å². The molecule has 0 saturated heterocycles. The van der Waals surface area contributed by atoms with Crippen LogP contribution in [0.3, 0.4) is 0 Å². The summed E-state index contributed by atoms with van der Waals surface area (Å²) in [6.07, 6.45) is 20.5. The summed E-state index contributed by atoms with van der Waals surface area (Å²) in [7, 11) is 0. The average molecular weight is 533 g/mol. The fraction of sp³-hybridized carbons (Fsp3) is 0.371. The van der Waals surface area contributed by atoms with Crippen molar-refractivity contribution in [2.45, 2.75) is 58.5 Å². The van der Waals surface area contributed by atoms with E-state index in [1.165, 1.54) is 28.0 Å². The minimum absolute atomic E-state index is 0.118. The molecule has 6 atom stereocenters. The lowest BCUT2D eigenvalue weighted by atomic mass is 9.75. The number of amidine groups is 1. The summed E-state index contributed by atoms with van der Waals surface area (Å²) >= 11 is 5.64. The van der Waals surface area contributed by atoms with Crippen molar-refractivity contribution in [1.82, 2.24) is 4.90 Å². The maximum atomic E-state index is 6.30. The van der Waals surface area contributed by atoms with Gasteiger partial charge in [0.1, 0.15) is 17.3 Å². The van der Waals surface area contributed by atoms with Crippen LogP contribution in [0.15, 0.2) is 112 Å². The first kappa shape index (κ1) is 24.8. The van der Waals surface area contributed by atoms with Gasteiger partial charge in [-0.1, -0.05) is 106 Å². The van der Waals surface area contributed by atoms with Gasteiger partial charge in [0, 0.05) is 40.0 Å². The van der Waals surface area contributed by atoms with Gasteiger partial charge in [-0.15, -0.1) is 0 Å². The number of benzene rings is 1. The largest absolute Gasteiger partial charge is 0.461 e. The van der Waals surface area contributed by atoms with Gasteiger partial charge in [0.25, 0.3) is 0 Å². The maximum absolute atomic E-state index is 6.30. The maximum Gasteiger partial charge on any atom is 0.132 e. The van der Waals surface area contributed by atoms with Crippen molar-refractivity contribution in [3.05, 3.63) is 112 Å². The molecular formula is C35H36N2OS. The number of allylic oxidation sites excluding steroid dienone is 10. The lowest BCUT2D eigenvalue weighted by Gasteiger charge is -2.43. The fourth-order valence-corrected chi connectivity index (χ4v) is 7.74. The molecule has 0 amide bonds. The van der Waals surface area contributed by atoms with Crippen LogP contribution in [0, 0.1) is 23.7 Å². The van der Waals surface area contributed by atoms with E-state index in [1.54, 1.807) is 0 Å². The predicted octanol–water partition coefficient (Wildman–Crippen LogP) is 8.02. The lowest BCUT2D eigenvalue weighted by Crippen LogP contribution is -2.49. The first-order chi connectivity index (χ1) is 19.0. The third-order valence-electron chi connectivity index (χ3n) is 9.50. The van der Waals surface area contributed by atoms with Crippen molar-refractivity contribution in [3.8, 4) is 5.75 Å². The van der Waals surface area contributed by atoms with Crippen LogP contribution < -0.4 is 4.74 Å². The molecule has 6 aliphatic rings. The summed E-state index contributed by atoms with van der Waals surface area (Å²) < 4.78 is 6.30. The Kier molecular flexibility index (Phi) is 6.00. The van der Waals surface area contributed by atoms with Gasteiger partial charge in [0.2, 0.25) is 0 Å². The van der Waals surface area contributed by atoms with Crippen LogP contribution in [0.1, 0.15) is 52.0 Å². The first-order valence-electron chi connectivity index (χ1n) is 14.5. The highest BCUT2D eigenvalue weighted by molar-refractivity contribution is 7.79. The van der Waals surface area contributed by atoms with E-state index in [2.05, 4.69) is 99.4 Å². The molecule has 0 aromatic heterocycles. The number of rotatable bonds is 5. The van der Waals surface area contributed by atoms with Gasteiger partial charge >= 0.3 is 0 Å². The average Bonchev–Trinajstić information content (AvgIpc) is 3.62. The molecular weight excluding hydrogens is 496 g/mol. The van der Waals surface area contributed by atoms with E-state index in [1.807, 2.05) is 11.4 Å². The van der Waals surface area contributed by atoms with E-state index in [0.29, 0.717) is 23.7 Å². The Bertz CT molecular complexity index is 1500. The Hall–Kier alpha value is -3.24. The van der Waals surface area contributed by atoms with Crippen molar-refractivity contribution in [2.75, 3.05) is 0 Å². The van der Waals surface area contributed by atoms with Gasteiger partial charge in [-0.2, -0.15) is 0 Å². The second-order valence-electron chi connectivity index (χ2n) is 11.9. The summed E-state index contributed by atoms with van der Waals surface area (Å²) in [6.45, 7) is 9.35. The minimum Gasteiger partial charge on any atom is -0.461 e. The predicted molar refractivity (Wildman–Crippen MR) is 164 cm³/mol. The van der Waals surface area contributed by atoms with Crippen molar-refractivity contribution in [1.29, 1.82) is 0 Å². The minimum atomic E-state index is 0.118. The van der Waals surface area contributed by atoms with Gasteiger partial charge in [0.05, 0.1) is 18.0 Å². The molecule has 6 unspecified atom stereocenters. The molecule has 2 aliphatic heterocycles. The molecule has 4 heteroatoms. The normalized spacial score (nSPS) is 32.0. The number of aliphatic imine (C=N–C) groups is 1. The Morgan fingerprint density at radius 2 is 1.92 bits per heavy atom. The van der Waals surface area contributed by atoms with E-state index in [0.717, 1.165) is 35.8 Å². The second kappa shape index (κ2) is 9.45. The smallest absolute Gasteiger partial charge is 0.132 e. The zero-order valence-electron chi connectivity index (χ0n) is 23.2. The van der Waals surface area contributed by atoms with Crippen molar-refractivity contribution < 1.29 is 4.74 Å². The Labute approximate surface area is 237 Å². The molecule has 7 rings (SSSR count). The summed E-state index contributed by atoms with van der Waals surface area (Å²) in [5.74, 6) is 4.87. The Morgan fingerprint density at radius 3 is 2.72 bits per heavy atom. The zero-order chi connectivity index (χ0) is 26.8. The zero-order valence-corrected chi connectivity index (χ0v) is 24.0. The van der Waals surface area contributed by atoms with Crippen LogP contribution >= 0.6 is 12.2 Å². The molecule has 0 fully saturated rings. The fourth-order valence-electron chi connectivity index (χ4n) is 7.53. The highest BCUT2D eigenvalue weighted by Gasteiger charge is 2.49. The van der Waals surface area contributed by atoms with E-state index in [-0.39, 0.29) is 18.0 Å². The number of thiocarbonyl (C=S) groups is 1. The highest BCUT2D eigenvalue weighted by Crippen LogP contribution is 2.51. The molecule has 0 radical (unpaired) electrons. The quantitative estimate of drug-likeness (QED) is 0.284. The molecule has 2 heterocycles. The summed E-state index contributed by atoms with van der Waals surface area (Å²) in [5, 5.41) is 1.83. The van der Waals surface area contributed by atoms with Crippen LogP contribution in [-0.4, -0.2) is 28.2 Å². The molecule has 3 nitrogen and oxygen atoms in total. The van der Waals surface area contributed by atoms with E-state index in [4.69, 9.17) is 21.9 Å². The lowest BCUT2D eigenvalue weighted by molar-refractivity contribution is 0.255. The van der Waals surface area contributed by atoms with E-state index < -0.39 is 0 Å². The summed E-state index contributed by atoms with van der Waals surface area (Å²) in [4.78, 5) is 8.21. The van der Waals surface area contributed by atoms with E-state index >= 15 is 0 Å². The molecule has 1 aromatic rings. The molecule has 0 saturated carbocycles. The highest BCUT2D eigenvalue weighted by atomic mass is 32.1. The molecule has 0 bridgehead atoms. The van der Waals surface area contributed by atoms with Crippen LogP contribution in [-0.2, 0) is 0 Å². The SMILES string of the molecule is CCC1=CC(C(C)C)=C(N2C(C3=C(C=S)C=C4Oc5ccccc5C4C3)=NC3C=CC4C=CC=CC4C32)C1C. The molecule has 4 aliphatic carbocycles. The van der Waals surface area contributed by atoms with Gasteiger partial charge in [-0.05, 0) is 42.0 Å². The number of nitrogens with zero attached hydrogens (tertiary/aromatic N) is 2. The third kappa shape index (κ3) is 3.75. The third-order valence-corrected chi connectivity index (χ3v) is 9.76. The van der Waals surface area contributed by atoms with Crippen LogP contribution in [0.2, 0.25) is 0 Å². The molecule has 39 heavy (non-hydrogen) atoms. The number of fused-ring (bicyclic) bond motifs is 6. The van der Waals surface area contributed by atoms with Crippen LogP contribution in [0.5, 0.6) is 5.75 Å². The number of hydrogen-bond donors (Lipinski definition) is 0.